The number of halogens is 1. The molecule has 0 atom stereocenters. The Labute approximate surface area is 104 Å². The van der Waals surface area contributed by atoms with Crippen molar-refractivity contribution in [3.05, 3.63) is 35.9 Å². The first kappa shape index (κ1) is 13.2. The molecule has 5 nitrogen and oxygen atoms in total. The third kappa shape index (κ3) is 3.88. The molecule has 0 aliphatic carbocycles. The van der Waals surface area contributed by atoms with Crippen LogP contribution in [0.4, 0.5) is 0 Å². The van der Waals surface area contributed by atoms with Crippen molar-refractivity contribution in [1.29, 1.82) is 0 Å². The number of benzene rings is 1. The van der Waals surface area contributed by atoms with E-state index < -0.39 is 17.0 Å². The summed E-state index contributed by atoms with van der Waals surface area (Å²) in [6, 6.07) is 8.28. The summed E-state index contributed by atoms with van der Waals surface area (Å²) in [5.74, 6) is -1.21. The molecule has 1 aromatic rings. The lowest BCUT2D eigenvalue weighted by molar-refractivity contribution is -0.121. The molecule has 0 spiro atoms. The monoisotopic (exact) mass is 254 g/mol. The van der Waals surface area contributed by atoms with E-state index in [1.54, 1.807) is 30.3 Å². The van der Waals surface area contributed by atoms with Gasteiger partial charge in [-0.2, -0.15) is 0 Å². The van der Waals surface area contributed by atoms with Gasteiger partial charge in [0.1, 0.15) is 0 Å². The number of carbonyl (C=O) groups is 2. The van der Waals surface area contributed by atoms with Gasteiger partial charge in [-0.15, -0.1) is 0 Å². The fourth-order valence-corrected chi connectivity index (χ4v) is 1.14. The van der Waals surface area contributed by atoms with Gasteiger partial charge in [0.25, 0.3) is 5.91 Å². The Bertz CT molecular complexity index is 443. The van der Waals surface area contributed by atoms with Crippen molar-refractivity contribution in [2.45, 2.75) is 0 Å². The zero-order chi connectivity index (χ0) is 12.8. The summed E-state index contributed by atoms with van der Waals surface area (Å²) in [4.78, 5) is 28.4. The van der Waals surface area contributed by atoms with Gasteiger partial charge in [-0.1, -0.05) is 35.0 Å². The summed E-state index contributed by atoms with van der Waals surface area (Å²) >= 11 is 5.54. The van der Waals surface area contributed by atoms with Crippen molar-refractivity contribution in [3.63, 3.8) is 0 Å². The summed E-state index contributed by atoms with van der Waals surface area (Å²) in [5, 5.41) is 2.86. The van der Waals surface area contributed by atoms with Crippen LogP contribution in [0.5, 0.6) is 0 Å². The molecule has 0 fully saturated rings. The van der Waals surface area contributed by atoms with Crippen molar-refractivity contribution in [3.8, 4) is 0 Å². The van der Waals surface area contributed by atoms with Gasteiger partial charge in [0.05, 0.1) is 5.56 Å². The minimum atomic E-state index is -0.671. The summed E-state index contributed by atoms with van der Waals surface area (Å²) in [6.07, 6.45) is 0. The number of hydrogen-bond acceptors (Lipinski definition) is 4. The Hall–Kier alpha value is -1.88. The fraction of sp³-hybridized carbons (Fsp3) is 0.182. The molecule has 1 rings (SSSR count). The zero-order valence-corrected chi connectivity index (χ0v) is 10.1. The second kappa shape index (κ2) is 6.00. The van der Waals surface area contributed by atoms with Crippen LogP contribution in [0.2, 0.25) is 0 Å². The molecule has 0 aliphatic rings. The molecule has 0 saturated heterocycles. The quantitative estimate of drug-likeness (QED) is 0.466. The van der Waals surface area contributed by atoms with Gasteiger partial charge in [-0.3, -0.25) is 4.79 Å². The lowest BCUT2D eigenvalue weighted by Crippen LogP contribution is -2.27. The first-order valence-electron chi connectivity index (χ1n) is 4.74. The van der Waals surface area contributed by atoms with Crippen LogP contribution in [-0.2, 0) is 9.63 Å². The molecule has 90 valence electrons. The van der Waals surface area contributed by atoms with Crippen LogP contribution in [0.15, 0.2) is 35.5 Å². The topological polar surface area (TPSA) is 59.0 Å². The summed E-state index contributed by atoms with van der Waals surface area (Å²) in [6.45, 7) is 0. The van der Waals surface area contributed by atoms with E-state index in [1.807, 2.05) is 0 Å². The second-order valence-electron chi connectivity index (χ2n) is 3.33. The zero-order valence-electron chi connectivity index (χ0n) is 9.38. The maximum Gasteiger partial charge on any atom is 0.365 e. The van der Waals surface area contributed by atoms with Crippen LogP contribution in [0.1, 0.15) is 10.4 Å². The molecule has 0 radical (unpaired) electrons. The SMILES string of the molecule is CN(C)C(=O)/C(Cl)=N/OC(=O)c1ccccc1. The lowest BCUT2D eigenvalue weighted by atomic mass is 10.2. The van der Waals surface area contributed by atoms with E-state index in [1.165, 1.54) is 19.0 Å². The normalized spacial score (nSPS) is 10.9. The van der Waals surface area contributed by atoms with Crippen LogP contribution in [0.25, 0.3) is 0 Å². The molecule has 0 heterocycles. The molecule has 17 heavy (non-hydrogen) atoms. The Kier molecular flexibility index (Phi) is 4.66. The summed E-state index contributed by atoms with van der Waals surface area (Å²) < 4.78 is 0. The second-order valence-corrected chi connectivity index (χ2v) is 3.68. The summed E-state index contributed by atoms with van der Waals surface area (Å²) in [5.41, 5.74) is 0.331. The molecule has 0 N–H and O–H groups in total. The maximum absolute atomic E-state index is 11.4. The fourth-order valence-electron chi connectivity index (χ4n) is 0.932. The maximum atomic E-state index is 11.4. The van der Waals surface area contributed by atoms with E-state index in [4.69, 9.17) is 11.6 Å². The number of oxime groups is 1. The Balaban J connectivity index is 2.65. The van der Waals surface area contributed by atoms with Crippen molar-refractivity contribution in [1.82, 2.24) is 4.90 Å². The van der Waals surface area contributed by atoms with E-state index in [9.17, 15) is 9.59 Å². The van der Waals surface area contributed by atoms with E-state index in [-0.39, 0.29) is 0 Å². The van der Waals surface area contributed by atoms with E-state index in [0.717, 1.165) is 0 Å². The van der Waals surface area contributed by atoms with E-state index >= 15 is 0 Å². The van der Waals surface area contributed by atoms with Gasteiger partial charge in [0.15, 0.2) is 0 Å². The van der Waals surface area contributed by atoms with E-state index in [2.05, 4.69) is 9.99 Å². The molecule has 0 unspecified atom stereocenters. The van der Waals surface area contributed by atoms with Gasteiger partial charge >= 0.3 is 5.97 Å². The standard InChI is InChI=1S/C11H11ClN2O3/c1-14(2)10(15)9(12)13-17-11(16)8-6-4-3-5-7-8/h3-7H,1-2H3/b13-9-. The summed E-state index contributed by atoms with van der Waals surface area (Å²) in [7, 11) is 3.03. The van der Waals surface area contributed by atoms with Crippen LogP contribution in [0.3, 0.4) is 0 Å². The molecular weight excluding hydrogens is 244 g/mol. The van der Waals surface area contributed by atoms with Crippen molar-refractivity contribution < 1.29 is 14.4 Å². The Morgan fingerprint density at radius 2 is 1.82 bits per heavy atom. The number of rotatable bonds is 3. The highest BCUT2D eigenvalue weighted by atomic mass is 35.5. The molecule has 6 heteroatoms. The molecule has 0 bridgehead atoms. The number of hydrogen-bond donors (Lipinski definition) is 0. The average molecular weight is 255 g/mol. The third-order valence-corrected chi connectivity index (χ3v) is 2.03. The highest BCUT2D eigenvalue weighted by Gasteiger charge is 2.13. The third-order valence-electron chi connectivity index (χ3n) is 1.80. The lowest BCUT2D eigenvalue weighted by Gasteiger charge is -2.07. The molecular formula is C11H11ClN2O3. The molecule has 1 amide bonds. The minimum absolute atomic E-state index is 0.331. The largest absolute Gasteiger partial charge is 0.365 e. The predicted octanol–water partition coefficient (Wildman–Crippen LogP) is 1.48. The molecule has 1 aromatic carbocycles. The van der Waals surface area contributed by atoms with Gasteiger partial charge in [0, 0.05) is 14.1 Å². The number of carbonyl (C=O) groups excluding carboxylic acids is 2. The predicted molar refractivity (Wildman–Crippen MR) is 63.8 cm³/mol. The van der Waals surface area contributed by atoms with Crippen LogP contribution in [0, 0.1) is 0 Å². The Morgan fingerprint density at radius 3 is 2.35 bits per heavy atom. The van der Waals surface area contributed by atoms with Crippen molar-refractivity contribution in [2.24, 2.45) is 5.16 Å². The smallest absolute Gasteiger partial charge is 0.343 e. The minimum Gasteiger partial charge on any atom is -0.343 e. The van der Waals surface area contributed by atoms with Gasteiger partial charge in [-0.05, 0) is 12.1 Å². The first-order chi connectivity index (χ1) is 8.02. The van der Waals surface area contributed by atoms with Gasteiger partial charge in [0.2, 0.25) is 5.17 Å². The van der Waals surface area contributed by atoms with Crippen LogP contribution in [-0.4, -0.2) is 36.0 Å². The number of amides is 1. The van der Waals surface area contributed by atoms with Crippen LogP contribution < -0.4 is 0 Å². The highest BCUT2D eigenvalue weighted by Crippen LogP contribution is 2.02. The van der Waals surface area contributed by atoms with Gasteiger partial charge < -0.3 is 9.74 Å². The van der Waals surface area contributed by atoms with Crippen molar-refractivity contribution in [2.75, 3.05) is 14.1 Å². The van der Waals surface area contributed by atoms with Crippen LogP contribution >= 0.6 is 11.6 Å². The molecule has 0 aliphatic heterocycles. The van der Waals surface area contributed by atoms with Crippen molar-refractivity contribution >= 4 is 28.6 Å². The molecule has 0 aromatic heterocycles. The van der Waals surface area contributed by atoms with Gasteiger partial charge in [-0.25, -0.2) is 4.79 Å². The highest BCUT2D eigenvalue weighted by molar-refractivity contribution is 6.82. The number of nitrogens with zero attached hydrogens (tertiary/aromatic N) is 2. The Morgan fingerprint density at radius 1 is 1.24 bits per heavy atom. The molecule has 0 saturated carbocycles. The van der Waals surface area contributed by atoms with E-state index in [0.29, 0.717) is 5.56 Å². The first-order valence-corrected chi connectivity index (χ1v) is 5.11. The average Bonchev–Trinajstić information content (AvgIpc) is 2.35.